The van der Waals surface area contributed by atoms with Gasteiger partial charge < -0.3 is 14.4 Å². The second-order valence-corrected chi connectivity index (χ2v) is 6.97. The van der Waals surface area contributed by atoms with E-state index in [4.69, 9.17) is 9.47 Å². The zero-order valence-electron chi connectivity index (χ0n) is 14.6. The third-order valence-electron chi connectivity index (χ3n) is 4.59. The molecule has 1 aromatic rings. The van der Waals surface area contributed by atoms with Crippen LogP contribution in [0.1, 0.15) is 26.0 Å². The highest BCUT2D eigenvalue weighted by atomic mass is 16.6. The monoisotopic (exact) mass is 333 g/mol. The molecule has 1 aromatic heterocycles. The summed E-state index contributed by atoms with van der Waals surface area (Å²) in [5.74, 6) is 0.353. The summed E-state index contributed by atoms with van der Waals surface area (Å²) >= 11 is 0. The van der Waals surface area contributed by atoms with Gasteiger partial charge in [0.05, 0.1) is 31.6 Å². The van der Waals surface area contributed by atoms with E-state index in [1.165, 1.54) is 0 Å². The zero-order chi connectivity index (χ0) is 16.9. The van der Waals surface area contributed by atoms with Crippen LogP contribution in [0.25, 0.3) is 0 Å². The quantitative estimate of drug-likeness (QED) is 0.845. The molecule has 2 aliphatic heterocycles. The number of likely N-dealkylation sites (tertiary alicyclic amines) is 1. The summed E-state index contributed by atoms with van der Waals surface area (Å²) in [4.78, 5) is 20.8. The van der Waals surface area contributed by atoms with Crippen molar-refractivity contribution in [3.8, 4) is 0 Å². The average molecular weight is 333 g/mol. The molecular weight excluding hydrogens is 306 g/mol. The van der Waals surface area contributed by atoms with Crippen molar-refractivity contribution < 1.29 is 14.3 Å². The van der Waals surface area contributed by atoms with Crippen molar-refractivity contribution in [1.29, 1.82) is 0 Å². The van der Waals surface area contributed by atoms with Gasteiger partial charge in [0.25, 0.3) is 0 Å². The SMILES string of the molecule is CC(C)COC(=O)N1CC[C@H]2[C@H](C1)OCCN2Cc1ccccn1. The number of hydrogen-bond acceptors (Lipinski definition) is 5. The van der Waals surface area contributed by atoms with E-state index in [0.29, 0.717) is 31.7 Å². The van der Waals surface area contributed by atoms with Gasteiger partial charge in [0.2, 0.25) is 0 Å². The third-order valence-corrected chi connectivity index (χ3v) is 4.59. The zero-order valence-corrected chi connectivity index (χ0v) is 14.6. The predicted molar refractivity (Wildman–Crippen MR) is 90.6 cm³/mol. The van der Waals surface area contributed by atoms with Gasteiger partial charge in [-0.3, -0.25) is 9.88 Å². The lowest BCUT2D eigenvalue weighted by molar-refractivity contribution is -0.104. The molecule has 24 heavy (non-hydrogen) atoms. The molecule has 0 saturated carbocycles. The van der Waals surface area contributed by atoms with Gasteiger partial charge in [-0.25, -0.2) is 4.79 Å². The van der Waals surface area contributed by atoms with E-state index in [-0.39, 0.29) is 12.2 Å². The van der Waals surface area contributed by atoms with Crippen LogP contribution in [0.3, 0.4) is 0 Å². The Morgan fingerprint density at radius 2 is 2.29 bits per heavy atom. The van der Waals surface area contributed by atoms with E-state index < -0.39 is 0 Å². The Morgan fingerprint density at radius 1 is 1.42 bits per heavy atom. The van der Waals surface area contributed by atoms with Crippen molar-refractivity contribution in [2.45, 2.75) is 39.0 Å². The molecule has 0 N–H and O–H groups in total. The number of nitrogens with zero attached hydrogens (tertiary/aromatic N) is 3. The van der Waals surface area contributed by atoms with E-state index >= 15 is 0 Å². The molecule has 0 aromatic carbocycles. The van der Waals surface area contributed by atoms with Crippen molar-refractivity contribution in [1.82, 2.24) is 14.8 Å². The normalized spacial score (nSPS) is 24.7. The first-order valence-electron chi connectivity index (χ1n) is 8.80. The topological polar surface area (TPSA) is 54.9 Å². The number of morpholine rings is 1. The second-order valence-electron chi connectivity index (χ2n) is 6.97. The molecule has 0 spiro atoms. The molecule has 1 amide bonds. The smallest absolute Gasteiger partial charge is 0.409 e. The van der Waals surface area contributed by atoms with Gasteiger partial charge in [-0.05, 0) is 24.5 Å². The Morgan fingerprint density at radius 3 is 3.04 bits per heavy atom. The molecule has 6 nitrogen and oxygen atoms in total. The summed E-state index contributed by atoms with van der Waals surface area (Å²) in [6.07, 6.45) is 2.59. The van der Waals surface area contributed by atoms with Crippen molar-refractivity contribution >= 4 is 6.09 Å². The molecule has 3 rings (SSSR count). The maximum absolute atomic E-state index is 12.2. The molecule has 2 atom stereocenters. The minimum Gasteiger partial charge on any atom is -0.449 e. The van der Waals surface area contributed by atoms with E-state index in [1.54, 1.807) is 4.90 Å². The van der Waals surface area contributed by atoms with E-state index in [2.05, 4.69) is 16.0 Å². The molecule has 6 heteroatoms. The summed E-state index contributed by atoms with van der Waals surface area (Å²) in [5, 5.41) is 0. The van der Waals surface area contributed by atoms with E-state index in [0.717, 1.165) is 31.7 Å². The van der Waals surface area contributed by atoms with Crippen molar-refractivity contribution in [3.05, 3.63) is 30.1 Å². The number of carbonyl (C=O) groups is 1. The first kappa shape index (κ1) is 17.2. The molecule has 0 bridgehead atoms. The Kier molecular flexibility index (Phi) is 5.68. The van der Waals surface area contributed by atoms with Crippen LogP contribution in [0.4, 0.5) is 4.79 Å². The van der Waals surface area contributed by atoms with E-state index in [9.17, 15) is 4.79 Å². The summed E-state index contributed by atoms with van der Waals surface area (Å²) in [5.41, 5.74) is 1.08. The standard InChI is InChI=1S/C18H27N3O3/c1-14(2)13-24-18(22)21-8-6-16-17(12-21)23-10-9-20(16)11-15-5-3-4-7-19-15/h3-5,7,14,16-17H,6,8-13H2,1-2H3/t16-,17-/m0/s1. The number of pyridine rings is 1. The number of ether oxygens (including phenoxy) is 2. The number of aromatic nitrogens is 1. The summed E-state index contributed by atoms with van der Waals surface area (Å²) in [6, 6.07) is 6.36. The lowest BCUT2D eigenvalue weighted by Crippen LogP contribution is -2.59. The largest absolute Gasteiger partial charge is 0.449 e. The molecular formula is C18H27N3O3. The average Bonchev–Trinajstić information content (AvgIpc) is 2.60. The minimum atomic E-state index is -0.215. The fourth-order valence-electron chi connectivity index (χ4n) is 3.36. The van der Waals surface area contributed by atoms with Crippen LogP contribution in [0.2, 0.25) is 0 Å². The first-order valence-corrected chi connectivity index (χ1v) is 8.80. The van der Waals surface area contributed by atoms with Gasteiger partial charge in [-0.1, -0.05) is 19.9 Å². The highest BCUT2D eigenvalue weighted by molar-refractivity contribution is 5.67. The number of fused-ring (bicyclic) bond motifs is 1. The number of hydrogen-bond donors (Lipinski definition) is 0. The lowest BCUT2D eigenvalue weighted by atomic mass is 9.98. The highest BCUT2D eigenvalue weighted by Gasteiger charge is 2.38. The molecule has 0 radical (unpaired) electrons. The van der Waals surface area contributed by atoms with Gasteiger partial charge in [0, 0.05) is 31.9 Å². The number of piperidine rings is 1. The van der Waals surface area contributed by atoms with Crippen LogP contribution >= 0.6 is 0 Å². The van der Waals surface area contributed by atoms with Crippen LogP contribution in [-0.2, 0) is 16.0 Å². The Balaban J connectivity index is 1.56. The van der Waals surface area contributed by atoms with Gasteiger partial charge in [0.15, 0.2) is 0 Å². The molecule has 132 valence electrons. The Hall–Kier alpha value is -1.66. The number of carbonyl (C=O) groups excluding carboxylic acids is 1. The van der Waals surface area contributed by atoms with Crippen LogP contribution in [0.15, 0.2) is 24.4 Å². The summed E-state index contributed by atoms with van der Waals surface area (Å²) in [7, 11) is 0. The third kappa shape index (κ3) is 4.24. The maximum atomic E-state index is 12.2. The first-order chi connectivity index (χ1) is 11.6. The van der Waals surface area contributed by atoms with Gasteiger partial charge in [-0.15, -0.1) is 0 Å². The number of rotatable bonds is 4. The Bertz CT molecular complexity index is 538. The van der Waals surface area contributed by atoms with Gasteiger partial charge in [-0.2, -0.15) is 0 Å². The maximum Gasteiger partial charge on any atom is 0.409 e. The van der Waals surface area contributed by atoms with Gasteiger partial charge >= 0.3 is 6.09 Å². The highest BCUT2D eigenvalue weighted by Crippen LogP contribution is 2.25. The van der Waals surface area contributed by atoms with E-state index in [1.807, 2.05) is 32.2 Å². The molecule has 2 fully saturated rings. The van der Waals surface area contributed by atoms with Crippen LogP contribution < -0.4 is 0 Å². The fourth-order valence-corrected chi connectivity index (χ4v) is 3.36. The van der Waals surface area contributed by atoms with Crippen LogP contribution in [-0.4, -0.2) is 65.9 Å². The lowest BCUT2D eigenvalue weighted by Gasteiger charge is -2.46. The van der Waals surface area contributed by atoms with Crippen LogP contribution in [0.5, 0.6) is 0 Å². The summed E-state index contributed by atoms with van der Waals surface area (Å²) < 4.78 is 11.3. The van der Waals surface area contributed by atoms with Crippen molar-refractivity contribution in [3.63, 3.8) is 0 Å². The second kappa shape index (κ2) is 7.94. The van der Waals surface area contributed by atoms with Crippen LogP contribution in [0, 0.1) is 5.92 Å². The minimum absolute atomic E-state index is 0.0582. The summed E-state index contributed by atoms with van der Waals surface area (Å²) in [6.45, 7) is 8.33. The van der Waals surface area contributed by atoms with Gasteiger partial charge in [0.1, 0.15) is 0 Å². The molecule has 0 aliphatic carbocycles. The molecule has 3 heterocycles. The molecule has 2 aliphatic rings. The fraction of sp³-hybridized carbons (Fsp3) is 0.667. The molecule has 0 unspecified atom stereocenters. The van der Waals surface area contributed by atoms with Crippen molar-refractivity contribution in [2.75, 3.05) is 32.8 Å². The predicted octanol–water partition coefficient (Wildman–Crippen LogP) is 2.15. The Labute approximate surface area is 143 Å². The molecule has 2 saturated heterocycles. The number of amides is 1. The van der Waals surface area contributed by atoms with Crippen molar-refractivity contribution in [2.24, 2.45) is 5.92 Å².